The van der Waals surface area contributed by atoms with Crippen LogP contribution in [0.2, 0.25) is 0 Å². The molecule has 3 aromatic carbocycles. The van der Waals surface area contributed by atoms with Gasteiger partial charge in [0.1, 0.15) is 5.75 Å². The summed E-state index contributed by atoms with van der Waals surface area (Å²) in [6.45, 7) is 11.4. The van der Waals surface area contributed by atoms with E-state index >= 15 is 0 Å². The summed E-state index contributed by atoms with van der Waals surface area (Å²) in [7, 11) is -3.76. The van der Waals surface area contributed by atoms with Crippen molar-refractivity contribution in [3.05, 3.63) is 82.4 Å². The third-order valence-electron chi connectivity index (χ3n) is 5.51. The molecule has 7 heteroatoms. The fourth-order valence-corrected chi connectivity index (χ4v) is 4.50. The topological polar surface area (TPSA) is 84.5 Å². The third kappa shape index (κ3) is 5.93. The van der Waals surface area contributed by atoms with E-state index in [0.29, 0.717) is 17.1 Å². The van der Waals surface area contributed by atoms with Gasteiger partial charge in [0.15, 0.2) is 6.10 Å². The maximum atomic E-state index is 12.8. The standard InChI is InChI=1S/C26H30N2O4S/c1-16-7-8-18(3)24(14-16)28-33(30,31)23-11-9-22(10-12-23)27-26(29)21(6)32-25-15-17(2)13-19(4)20(25)5/h7-15,21,28H,1-6H3,(H,27,29)/t21-/m1/s1. The van der Waals surface area contributed by atoms with Gasteiger partial charge >= 0.3 is 0 Å². The Hall–Kier alpha value is -3.32. The van der Waals surface area contributed by atoms with Gasteiger partial charge in [-0.05, 0) is 106 Å². The van der Waals surface area contributed by atoms with Crippen molar-refractivity contribution in [2.75, 3.05) is 10.0 Å². The van der Waals surface area contributed by atoms with Crippen LogP contribution in [0.25, 0.3) is 0 Å². The second kappa shape index (κ2) is 9.67. The summed E-state index contributed by atoms with van der Waals surface area (Å²) >= 11 is 0. The van der Waals surface area contributed by atoms with Gasteiger partial charge in [0.25, 0.3) is 15.9 Å². The summed E-state index contributed by atoms with van der Waals surface area (Å²) in [6, 6.07) is 15.6. The van der Waals surface area contributed by atoms with Crippen molar-refractivity contribution in [2.24, 2.45) is 0 Å². The van der Waals surface area contributed by atoms with Gasteiger partial charge in [-0.3, -0.25) is 9.52 Å². The molecular formula is C26H30N2O4S. The first kappa shape index (κ1) is 24.3. The zero-order valence-electron chi connectivity index (χ0n) is 19.8. The minimum Gasteiger partial charge on any atom is -0.481 e. The van der Waals surface area contributed by atoms with Crippen molar-refractivity contribution in [2.45, 2.75) is 52.5 Å². The first-order chi connectivity index (χ1) is 15.5. The molecule has 0 aliphatic carbocycles. The number of carbonyl (C=O) groups is 1. The molecule has 0 aliphatic heterocycles. The van der Waals surface area contributed by atoms with Gasteiger partial charge in [0.2, 0.25) is 0 Å². The van der Waals surface area contributed by atoms with Crippen LogP contribution in [0.5, 0.6) is 5.75 Å². The van der Waals surface area contributed by atoms with E-state index in [9.17, 15) is 13.2 Å². The van der Waals surface area contributed by atoms with Crippen molar-refractivity contribution in [1.82, 2.24) is 0 Å². The van der Waals surface area contributed by atoms with Gasteiger partial charge in [0, 0.05) is 5.69 Å². The van der Waals surface area contributed by atoms with E-state index in [4.69, 9.17) is 4.74 Å². The lowest BCUT2D eigenvalue weighted by Gasteiger charge is -2.18. The van der Waals surface area contributed by atoms with Gasteiger partial charge in [-0.2, -0.15) is 0 Å². The predicted octanol–water partition coefficient (Wildman–Crippen LogP) is 5.44. The number of sulfonamides is 1. The molecule has 0 unspecified atom stereocenters. The molecule has 3 rings (SSSR count). The third-order valence-corrected chi connectivity index (χ3v) is 6.89. The number of benzene rings is 3. The highest BCUT2D eigenvalue weighted by atomic mass is 32.2. The van der Waals surface area contributed by atoms with Crippen LogP contribution in [0.4, 0.5) is 11.4 Å². The average Bonchev–Trinajstić information content (AvgIpc) is 2.74. The Morgan fingerprint density at radius 3 is 2.18 bits per heavy atom. The molecule has 0 heterocycles. The Kier molecular flexibility index (Phi) is 7.12. The molecule has 6 nitrogen and oxygen atoms in total. The Labute approximate surface area is 196 Å². The molecular weight excluding hydrogens is 436 g/mol. The molecule has 0 aromatic heterocycles. The molecule has 0 bridgehead atoms. The van der Waals surface area contributed by atoms with E-state index in [0.717, 1.165) is 27.8 Å². The summed E-state index contributed by atoms with van der Waals surface area (Å²) in [5, 5.41) is 2.78. The number of rotatable bonds is 7. The van der Waals surface area contributed by atoms with Crippen LogP contribution in [-0.4, -0.2) is 20.4 Å². The summed E-state index contributed by atoms with van der Waals surface area (Å²) in [6.07, 6.45) is -0.723. The second-order valence-corrected chi connectivity index (χ2v) is 10.1. The largest absolute Gasteiger partial charge is 0.481 e. The molecule has 0 radical (unpaired) electrons. The van der Waals surface area contributed by atoms with Crippen LogP contribution in [0.15, 0.2) is 59.5 Å². The van der Waals surface area contributed by atoms with Crippen LogP contribution in [0.1, 0.15) is 34.7 Å². The average molecular weight is 467 g/mol. The van der Waals surface area contributed by atoms with Gasteiger partial charge in [-0.1, -0.05) is 18.2 Å². The van der Waals surface area contributed by atoms with E-state index in [1.54, 1.807) is 25.1 Å². The lowest BCUT2D eigenvalue weighted by molar-refractivity contribution is -0.122. The monoisotopic (exact) mass is 466 g/mol. The molecule has 0 saturated carbocycles. The molecule has 1 amide bonds. The Morgan fingerprint density at radius 2 is 1.52 bits per heavy atom. The van der Waals surface area contributed by atoms with Crippen molar-refractivity contribution in [3.8, 4) is 5.75 Å². The highest BCUT2D eigenvalue weighted by molar-refractivity contribution is 7.92. The van der Waals surface area contributed by atoms with E-state index in [1.807, 2.05) is 52.8 Å². The summed E-state index contributed by atoms with van der Waals surface area (Å²) < 4.78 is 34.1. The number of carbonyl (C=O) groups excluding carboxylic acids is 1. The first-order valence-corrected chi connectivity index (χ1v) is 12.2. The number of anilines is 2. The number of amides is 1. The maximum Gasteiger partial charge on any atom is 0.265 e. The maximum absolute atomic E-state index is 12.8. The van der Waals surface area contributed by atoms with Crippen LogP contribution in [0.3, 0.4) is 0 Å². The number of nitrogens with one attached hydrogen (secondary N) is 2. The fraction of sp³-hybridized carbons (Fsp3) is 0.269. The number of hydrogen-bond donors (Lipinski definition) is 2. The summed E-state index contributed by atoms with van der Waals surface area (Å²) in [4.78, 5) is 12.7. The first-order valence-electron chi connectivity index (χ1n) is 10.7. The van der Waals surface area contributed by atoms with E-state index in [1.165, 1.54) is 12.1 Å². The fourth-order valence-electron chi connectivity index (χ4n) is 3.38. The Bertz CT molecular complexity index is 1280. The molecule has 1 atom stereocenters. The van der Waals surface area contributed by atoms with Crippen LogP contribution >= 0.6 is 0 Å². The van der Waals surface area contributed by atoms with Gasteiger partial charge in [-0.25, -0.2) is 8.42 Å². The van der Waals surface area contributed by atoms with E-state index < -0.39 is 16.1 Å². The quantitative estimate of drug-likeness (QED) is 0.486. The Balaban J connectivity index is 1.68. The van der Waals surface area contributed by atoms with E-state index in [2.05, 4.69) is 16.1 Å². The Morgan fingerprint density at radius 1 is 0.848 bits per heavy atom. The molecule has 2 N–H and O–H groups in total. The van der Waals surface area contributed by atoms with Crippen LogP contribution in [-0.2, 0) is 14.8 Å². The van der Waals surface area contributed by atoms with Gasteiger partial charge in [0.05, 0.1) is 10.6 Å². The van der Waals surface area contributed by atoms with Crippen molar-refractivity contribution in [1.29, 1.82) is 0 Å². The lowest BCUT2D eigenvalue weighted by Crippen LogP contribution is -2.30. The molecule has 33 heavy (non-hydrogen) atoms. The van der Waals surface area contributed by atoms with Crippen molar-refractivity contribution >= 4 is 27.3 Å². The molecule has 0 saturated heterocycles. The van der Waals surface area contributed by atoms with Crippen molar-refractivity contribution in [3.63, 3.8) is 0 Å². The zero-order valence-corrected chi connectivity index (χ0v) is 20.6. The van der Waals surface area contributed by atoms with E-state index in [-0.39, 0.29) is 10.8 Å². The van der Waals surface area contributed by atoms with Gasteiger partial charge < -0.3 is 10.1 Å². The van der Waals surface area contributed by atoms with Crippen molar-refractivity contribution < 1.29 is 17.9 Å². The SMILES string of the molecule is Cc1ccc(C)c(NS(=O)(=O)c2ccc(NC(=O)[C@@H](C)Oc3cc(C)cc(C)c3C)cc2)c1. The molecule has 0 aliphatic rings. The minimum absolute atomic E-state index is 0.108. The van der Waals surface area contributed by atoms with Gasteiger partial charge in [-0.15, -0.1) is 0 Å². The number of ether oxygens (including phenoxy) is 1. The predicted molar refractivity (Wildman–Crippen MR) is 133 cm³/mol. The summed E-state index contributed by atoms with van der Waals surface area (Å²) in [5.41, 5.74) is 5.98. The molecule has 174 valence electrons. The number of aryl methyl sites for hydroxylation is 4. The normalized spacial score (nSPS) is 12.2. The van der Waals surface area contributed by atoms with Crippen LogP contribution < -0.4 is 14.8 Å². The highest BCUT2D eigenvalue weighted by Gasteiger charge is 2.19. The molecule has 0 spiro atoms. The lowest BCUT2D eigenvalue weighted by atomic mass is 10.1. The van der Waals surface area contributed by atoms with Crippen LogP contribution in [0, 0.1) is 34.6 Å². The number of hydrogen-bond acceptors (Lipinski definition) is 4. The minimum atomic E-state index is -3.76. The molecule has 0 fully saturated rings. The summed E-state index contributed by atoms with van der Waals surface area (Å²) in [5.74, 6) is 0.354. The second-order valence-electron chi connectivity index (χ2n) is 8.40. The molecule has 3 aromatic rings. The smallest absolute Gasteiger partial charge is 0.265 e. The zero-order chi connectivity index (χ0) is 24.3. The highest BCUT2D eigenvalue weighted by Crippen LogP contribution is 2.25.